The first-order chi connectivity index (χ1) is 8.70. The highest BCUT2D eigenvalue weighted by molar-refractivity contribution is 5.40. The van der Waals surface area contributed by atoms with E-state index in [1.165, 1.54) is 11.1 Å². The highest BCUT2D eigenvalue weighted by Gasteiger charge is 2.14. The smallest absolute Gasteiger partial charge is 0.122 e. The number of hydrogen-bond acceptors (Lipinski definition) is 3. The van der Waals surface area contributed by atoms with E-state index in [2.05, 4.69) is 37.4 Å². The van der Waals surface area contributed by atoms with Crippen molar-refractivity contribution in [3.05, 3.63) is 29.3 Å². The minimum Gasteiger partial charge on any atom is -0.493 e. The van der Waals surface area contributed by atoms with Crippen LogP contribution in [0.4, 0.5) is 0 Å². The summed E-state index contributed by atoms with van der Waals surface area (Å²) >= 11 is 0. The van der Waals surface area contributed by atoms with Gasteiger partial charge in [0.15, 0.2) is 0 Å². The average molecular weight is 249 g/mol. The van der Waals surface area contributed by atoms with Crippen molar-refractivity contribution in [1.82, 2.24) is 5.32 Å². The second-order valence-corrected chi connectivity index (χ2v) is 5.21. The van der Waals surface area contributed by atoms with E-state index in [1.54, 1.807) is 0 Å². The summed E-state index contributed by atoms with van der Waals surface area (Å²) in [6, 6.07) is 6.81. The van der Waals surface area contributed by atoms with Crippen LogP contribution in [0.3, 0.4) is 0 Å². The third kappa shape index (κ3) is 3.24. The number of benzene rings is 1. The molecule has 0 fully saturated rings. The molecule has 1 aromatic rings. The molecular formula is C15H23NO2. The van der Waals surface area contributed by atoms with Crippen molar-refractivity contribution in [3.63, 3.8) is 0 Å². The molecule has 2 N–H and O–H groups in total. The molecule has 2 unspecified atom stereocenters. The maximum atomic E-state index is 8.88. The van der Waals surface area contributed by atoms with Gasteiger partial charge >= 0.3 is 0 Å². The van der Waals surface area contributed by atoms with Crippen LogP contribution in [-0.4, -0.2) is 24.9 Å². The number of hydrogen-bond donors (Lipinski definition) is 2. The summed E-state index contributed by atoms with van der Waals surface area (Å²) in [4.78, 5) is 0. The van der Waals surface area contributed by atoms with Crippen LogP contribution in [0.5, 0.6) is 5.75 Å². The highest BCUT2D eigenvalue weighted by Crippen LogP contribution is 2.28. The predicted molar refractivity (Wildman–Crippen MR) is 72.9 cm³/mol. The molecule has 2 atom stereocenters. The number of aliphatic hydroxyl groups excluding tert-OH is 1. The standard InChI is InChI=1S/C15H23NO2/c1-11(5-7-17)10-16-12(2)13-3-4-15-14(9-13)6-8-18-15/h3-4,9,11-12,16-17H,5-8,10H2,1-2H3. The van der Waals surface area contributed by atoms with Gasteiger partial charge in [0.1, 0.15) is 5.75 Å². The molecule has 0 saturated carbocycles. The molecule has 0 amide bonds. The Labute approximate surface area is 109 Å². The second kappa shape index (κ2) is 6.21. The zero-order valence-corrected chi connectivity index (χ0v) is 11.3. The fourth-order valence-corrected chi connectivity index (χ4v) is 2.29. The Bertz CT molecular complexity index is 392. The molecule has 0 bridgehead atoms. The molecule has 3 nitrogen and oxygen atoms in total. The molecule has 1 heterocycles. The largest absolute Gasteiger partial charge is 0.493 e. The maximum Gasteiger partial charge on any atom is 0.122 e. The SMILES string of the molecule is CC(CCO)CNC(C)c1ccc2c(c1)CCO2. The quantitative estimate of drug-likeness (QED) is 0.813. The number of nitrogens with one attached hydrogen (secondary N) is 1. The minimum atomic E-state index is 0.271. The van der Waals surface area contributed by atoms with Crippen LogP contribution in [0.2, 0.25) is 0 Å². The van der Waals surface area contributed by atoms with Crippen molar-refractivity contribution >= 4 is 0 Å². The lowest BCUT2D eigenvalue weighted by molar-refractivity contribution is 0.258. The van der Waals surface area contributed by atoms with Gasteiger partial charge in [-0.25, -0.2) is 0 Å². The molecule has 1 aliphatic rings. The molecule has 100 valence electrons. The molecule has 18 heavy (non-hydrogen) atoms. The molecule has 2 rings (SSSR count). The van der Waals surface area contributed by atoms with Crippen molar-refractivity contribution in [2.45, 2.75) is 32.7 Å². The van der Waals surface area contributed by atoms with E-state index in [1.807, 2.05) is 0 Å². The van der Waals surface area contributed by atoms with E-state index in [9.17, 15) is 0 Å². The molecule has 0 saturated heterocycles. The minimum absolute atomic E-state index is 0.271. The molecule has 3 heteroatoms. The van der Waals surface area contributed by atoms with Gasteiger partial charge in [0.25, 0.3) is 0 Å². The van der Waals surface area contributed by atoms with Crippen molar-refractivity contribution < 1.29 is 9.84 Å². The molecule has 1 aliphatic heterocycles. The fraction of sp³-hybridized carbons (Fsp3) is 0.600. The number of aliphatic hydroxyl groups is 1. The Morgan fingerprint density at radius 2 is 2.22 bits per heavy atom. The topological polar surface area (TPSA) is 41.5 Å². The zero-order chi connectivity index (χ0) is 13.0. The van der Waals surface area contributed by atoms with Gasteiger partial charge in [0.2, 0.25) is 0 Å². The lowest BCUT2D eigenvalue weighted by Gasteiger charge is -2.18. The summed E-state index contributed by atoms with van der Waals surface area (Å²) in [7, 11) is 0. The van der Waals surface area contributed by atoms with Crippen LogP contribution in [0.1, 0.15) is 37.4 Å². The summed E-state index contributed by atoms with van der Waals surface area (Å²) < 4.78 is 5.52. The highest BCUT2D eigenvalue weighted by atomic mass is 16.5. The van der Waals surface area contributed by atoms with E-state index in [0.717, 1.165) is 31.7 Å². The van der Waals surface area contributed by atoms with Crippen LogP contribution >= 0.6 is 0 Å². The Morgan fingerprint density at radius 3 is 3.00 bits per heavy atom. The summed E-state index contributed by atoms with van der Waals surface area (Å²) in [6.07, 6.45) is 1.88. The molecule has 0 spiro atoms. The van der Waals surface area contributed by atoms with Crippen molar-refractivity contribution in [3.8, 4) is 5.75 Å². The van der Waals surface area contributed by atoms with Crippen LogP contribution in [0.25, 0.3) is 0 Å². The molecular weight excluding hydrogens is 226 g/mol. The first-order valence-corrected chi connectivity index (χ1v) is 6.80. The molecule has 1 aromatic carbocycles. The van der Waals surface area contributed by atoms with E-state index in [4.69, 9.17) is 9.84 Å². The summed E-state index contributed by atoms with van der Waals surface area (Å²) in [6.45, 7) is 6.37. The third-order valence-electron chi connectivity index (χ3n) is 3.61. The maximum absolute atomic E-state index is 8.88. The van der Waals surface area contributed by atoms with E-state index in [0.29, 0.717) is 12.0 Å². The van der Waals surface area contributed by atoms with Gasteiger partial charge in [-0.05, 0) is 43.0 Å². The van der Waals surface area contributed by atoms with E-state index < -0.39 is 0 Å². The third-order valence-corrected chi connectivity index (χ3v) is 3.61. The number of rotatable bonds is 6. The van der Waals surface area contributed by atoms with Gasteiger partial charge in [0.05, 0.1) is 6.61 Å². The Hall–Kier alpha value is -1.06. The second-order valence-electron chi connectivity index (χ2n) is 5.21. The first-order valence-electron chi connectivity index (χ1n) is 6.80. The Kier molecular flexibility index (Phi) is 4.61. The Balaban J connectivity index is 1.90. The van der Waals surface area contributed by atoms with Crippen LogP contribution < -0.4 is 10.1 Å². The zero-order valence-electron chi connectivity index (χ0n) is 11.3. The molecule has 0 aliphatic carbocycles. The predicted octanol–water partition coefficient (Wildman–Crippen LogP) is 2.29. The number of ether oxygens (including phenoxy) is 1. The van der Waals surface area contributed by atoms with Gasteiger partial charge in [0, 0.05) is 19.1 Å². The van der Waals surface area contributed by atoms with Gasteiger partial charge in [-0.15, -0.1) is 0 Å². The lowest BCUT2D eigenvalue weighted by Crippen LogP contribution is -2.25. The summed E-state index contributed by atoms with van der Waals surface area (Å²) in [5.41, 5.74) is 2.64. The van der Waals surface area contributed by atoms with Gasteiger partial charge < -0.3 is 15.2 Å². The normalized spacial score (nSPS) is 17.1. The molecule has 0 radical (unpaired) electrons. The van der Waals surface area contributed by atoms with Gasteiger partial charge in [-0.3, -0.25) is 0 Å². The first kappa shape index (κ1) is 13.4. The van der Waals surface area contributed by atoms with Gasteiger partial charge in [-0.2, -0.15) is 0 Å². The van der Waals surface area contributed by atoms with E-state index >= 15 is 0 Å². The van der Waals surface area contributed by atoms with Gasteiger partial charge in [-0.1, -0.05) is 19.1 Å². The van der Waals surface area contributed by atoms with Crippen LogP contribution in [0, 0.1) is 5.92 Å². The monoisotopic (exact) mass is 249 g/mol. The number of fused-ring (bicyclic) bond motifs is 1. The van der Waals surface area contributed by atoms with Crippen molar-refractivity contribution in [2.24, 2.45) is 5.92 Å². The summed E-state index contributed by atoms with van der Waals surface area (Å²) in [5, 5.41) is 12.4. The molecule has 0 aromatic heterocycles. The fourth-order valence-electron chi connectivity index (χ4n) is 2.29. The van der Waals surface area contributed by atoms with Crippen molar-refractivity contribution in [2.75, 3.05) is 19.8 Å². The van der Waals surface area contributed by atoms with Crippen molar-refractivity contribution in [1.29, 1.82) is 0 Å². The average Bonchev–Trinajstić information content (AvgIpc) is 2.83. The Morgan fingerprint density at radius 1 is 1.39 bits per heavy atom. The lowest BCUT2D eigenvalue weighted by atomic mass is 10.0. The van der Waals surface area contributed by atoms with Crippen LogP contribution in [-0.2, 0) is 6.42 Å². The van der Waals surface area contributed by atoms with Crippen LogP contribution in [0.15, 0.2) is 18.2 Å². The van der Waals surface area contributed by atoms with E-state index in [-0.39, 0.29) is 6.61 Å². The summed E-state index contributed by atoms with van der Waals surface area (Å²) in [5.74, 6) is 1.55.